The van der Waals surface area contributed by atoms with E-state index >= 15 is 0 Å². The Balaban J connectivity index is 2.40. The van der Waals surface area contributed by atoms with E-state index in [0.29, 0.717) is 10.6 Å². The fourth-order valence-electron chi connectivity index (χ4n) is 1.19. The summed E-state index contributed by atoms with van der Waals surface area (Å²) in [5.41, 5.74) is 0.618. The number of hydrogen-bond acceptors (Lipinski definition) is 5. The van der Waals surface area contributed by atoms with Gasteiger partial charge in [0.05, 0.1) is 7.11 Å². The van der Waals surface area contributed by atoms with Crippen LogP contribution in [0.1, 0.15) is 10.7 Å². The normalized spacial score (nSPS) is 10.3. The summed E-state index contributed by atoms with van der Waals surface area (Å²) in [5.74, 6) is -0.669. The average Bonchev–Trinajstić information content (AvgIpc) is 2.76. The first kappa shape index (κ1) is 12.1. The highest BCUT2D eigenvalue weighted by molar-refractivity contribution is 9.10. The summed E-state index contributed by atoms with van der Waals surface area (Å²) < 4.78 is 10.4. The molecular weight excluding hydrogens is 311 g/mol. The Bertz CT molecular complexity index is 550. The molecule has 1 heterocycles. The molecule has 0 aliphatic carbocycles. The summed E-state index contributed by atoms with van der Waals surface area (Å²) in [6.45, 7) is 0. The van der Waals surface area contributed by atoms with Crippen molar-refractivity contribution in [2.45, 2.75) is 0 Å². The van der Waals surface area contributed by atoms with Crippen LogP contribution in [0.3, 0.4) is 0 Å². The number of ether oxygens (including phenoxy) is 1. The monoisotopic (exact) mass is 316 g/mol. The lowest BCUT2D eigenvalue weighted by Gasteiger charge is -1.97. The quantitative estimate of drug-likeness (QED) is 0.797. The molecule has 0 atom stereocenters. The molecular formula is C10H6BrClN2O3. The van der Waals surface area contributed by atoms with Gasteiger partial charge in [0.25, 0.3) is 0 Å². The van der Waals surface area contributed by atoms with E-state index in [1.165, 1.54) is 7.11 Å². The summed E-state index contributed by atoms with van der Waals surface area (Å²) >= 11 is 9.18. The highest BCUT2D eigenvalue weighted by atomic mass is 79.9. The van der Waals surface area contributed by atoms with Crippen LogP contribution < -0.4 is 0 Å². The van der Waals surface area contributed by atoms with Crippen LogP contribution in [0.15, 0.2) is 27.1 Å². The molecule has 0 radical (unpaired) electrons. The van der Waals surface area contributed by atoms with Crippen LogP contribution in [-0.2, 0) is 4.74 Å². The van der Waals surface area contributed by atoms with Crippen molar-refractivity contribution in [3.63, 3.8) is 0 Å². The zero-order chi connectivity index (χ0) is 12.4. The van der Waals surface area contributed by atoms with Crippen molar-refractivity contribution < 1.29 is 13.9 Å². The molecule has 5 nitrogen and oxygen atoms in total. The number of halogens is 2. The number of methoxy groups -OCH3 is 1. The van der Waals surface area contributed by atoms with Crippen LogP contribution >= 0.6 is 27.5 Å². The first-order chi connectivity index (χ1) is 8.10. The van der Waals surface area contributed by atoms with E-state index in [4.69, 9.17) is 16.0 Å². The summed E-state index contributed by atoms with van der Waals surface area (Å²) in [6.07, 6.45) is 0. The van der Waals surface area contributed by atoms with Gasteiger partial charge in [-0.25, -0.2) is 4.79 Å². The van der Waals surface area contributed by atoms with Crippen molar-refractivity contribution in [3.8, 4) is 11.5 Å². The first-order valence-corrected chi connectivity index (χ1v) is 5.65. The molecule has 0 saturated carbocycles. The number of benzene rings is 1. The number of carbonyl (C=O) groups is 1. The van der Waals surface area contributed by atoms with Crippen LogP contribution in [0.25, 0.3) is 11.5 Å². The Kier molecular flexibility index (Phi) is 3.44. The molecule has 0 fully saturated rings. The van der Waals surface area contributed by atoms with Gasteiger partial charge >= 0.3 is 11.9 Å². The van der Waals surface area contributed by atoms with Gasteiger partial charge in [-0.3, -0.25) is 0 Å². The van der Waals surface area contributed by atoms with E-state index in [-0.39, 0.29) is 11.8 Å². The standard InChI is InChI=1S/C10H6BrClN2O3/c1-16-10(15)9-14-13-8(17-9)5-2-6(11)4-7(12)3-5/h2-4H,1H3. The van der Waals surface area contributed by atoms with E-state index in [2.05, 4.69) is 30.9 Å². The molecule has 1 aromatic carbocycles. The molecule has 0 N–H and O–H groups in total. The highest BCUT2D eigenvalue weighted by Gasteiger charge is 2.16. The molecule has 2 rings (SSSR count). The molecule has 0 aliphatic heterocycles. The van der Waals surface area contributed by atoms with Crippen molar-refractivity contribution in [1.82, 2.24) is 10.2 Å². The molecule has 1 aromatic heterocycles. The third-order valence-corrected chi connectivity index (χ3v) is 2.57. The van der Waals surface area contributed by atoms with Crippen LogP contribution in [0, 0.1) is 0 Å². The van der Waals surface area contributed by atoms with Gasteiger partial charge in [-0.05, 0) is 18.2 Å². The smallest absolute Gasteiger partial charge is 0.396 e. The van der Waals surface area contributed by atoms with Crippen LogP contribution in [0.4, 0.5) is 0 Å². The number of nitrogens with zero attached hydrogens (tertiary/aromatic N) is 2. The molecule has 17 heavy (non-hydrogen) atoms. The van der Waals surface area contributed by atoms with Crippen molar-refractivity contribution in [3.05, 3.63) is 33.6 Å². The zero-order valence-electron chi connectivity index (χ0n) is 8.61. The molecule has 0 unspecified atom stereocenters. The van der Waals surface area contributed by atoms with Gasteiger partial charge < -0.3 is 9.15 Å². The Labute approximate surface area is 110 Å². The molecule has 0 bridgehead atoms. The maximum Gasteiger partial charge on any atom is 0.396 e. The predicted molar refractivity (Wildman–Crippen MR) is 63.8 cm³/mol. The number of aromatic nitrogens is 2. The summed E-state index contributed by atoms with van der Waals surface area (Å²) in [7, 11) is 1.24. The van der Waals surface area contributed by atoms with Crippen molar-refractivity contribution in [2.24, 2.45) is 0 Å². The van der Waals surface area contributed by atoms with Crippen molar-refractivity contribution >= 4 is 33.5 Å². The second kappa shape index (κ2) is 4.85. The summed E-state index contributed by atoms with van der Waals surface area (Å²) in [4.78, 5) is 11.1. The second-order valence-electron chi connectivity index (χ2n) is 3.06. The molecule has 0 spiro atoms. The number of carbonyl (C=O) groups excluding carboxylic acids is 1. The lowest BCUT2D eigenvalue weighted by molar-refractivity contribution is 0.0556. The highest BCUT2D eigenvalue weighted by Crippen LogP contribution is 2.26. The van der Waals surface area contributed by atoms with Crippen molar-refractivity contribution in [2.75, 3.05) is 7.11 Å². The van der Waals surface area contributed by atoms with Gasteiger partial charge in [-0.15, -0.1) is 10.2 Å². The van der Waals surface area contributed by atoms with E-state index in [1.54, 1.807) is 18.2 Å². The third-order valence-electron chi connectivity index (χ3n) is 1.89. The predicted octanol–water partition coefficient (Wildman–Crippen LogP) is 2.94. The van der Waals surface area contributed by atoms with Crippen LogP contribution in [0.2, 0.25) is 5.02 Å². The Morgan fingerprint density at radius 3 is 2.82 bits per heavy atom. The van der Waals surface area contributed by atoms with Gasteiger partial charge in [0.2, 0.25) is 5.89 Å². The Morgan fingerprint density at radius 1 is 1.41 bits per heavy atom. The van der Waals surface area contributed by atoms with E-state index in [9.17, 15) is 4.79 Å². The largest absolute Gasteiger partial charge is 0.462 e. The van der Waals surface area contributed by atoms with Crippen LogP contribution in [-0.4, -0.2) is 23.3 Å². The zero-order valence-corrected chi connectivity index (χ0v) is 10.9. The molecule has 88 valence electrons. The fourth-order valence-corrected chi connectivity index (χ4v) is 2.05. The van der Waals surface area contributed by atoms with Crippen molar-refractivity contribution in [1.29, 1.82) is 0 Å². The van der Waals surface area contributed by atoms with Gasteiger partial charge in [0, 0.05) is 15.1 Å². The minimum absolute atomic E-state index is 0.196. The van der Waals surface area contributed by atoms with Crippen LogP contribution in [0.5, 0.6) is 0 Å². The molecule has 0 saturated heterocycles. The molecule has 2 aromatic rings. The van der Waals surface area contributed by atoms with E-state index in [1.807, 2.05) is 0 Å². The molecule has 0 aliphatic rings. The third kappa shape index (κ3) is 2.65. The minimum Gasteiger partial charge on any atom is -0.462 e. The van der Waals surface area contributed by atoms with Gasteiger partial charge in [-0.1, -0.05) is 27.5 Å². The minimum atomic E-state index is -0.676. The molecule has 0 amide bonds. The number of esters is 1. The van der Waals surface area contributed by atoms with Gasteiger partial charge in [0.15, 0.2) is 0 Å². The average molecular weight is 318 g/mol. The lowest BCUT2D eigenvalue weighted by atomic mass is 10.2. The topological polar surface area (TPSA) is 65.2 Å². The van der Waals surface area contributed by atoms with E-state index < -0.39 is 5.97 Å². The van der Waals surface area contributed by atoms with E-state index in [0.717, 1.165) is 4.47 Å². The van der Waals surface area contributed by atoms with Gasteiger partial charge in [-0.2, -0.15) is 0 Å². The molecule has 7 heteroatoms. The van der Waals surface area contributed by atoms with Gasteiger partial charge in [0.1, 0.15) is 0 Å². The maximum atomic E-state index is 11.1. The Morgan fingerprint density at radius 2 is 2.18 bits per heavy atom. The lowest BCUT2D eigenvalue weighted by Crippen LogP contribution is -2.00. The Hall–Kier alpha value is -1.40. The first-order valence-electron chi connectivity index (χ1n) is 4.48. The summed E-state index contributed by atoms with van der Waals surface area (Å²) in [5, 5.41) is 7.83. The number of hydrogen-bond donors (Lipinski definition) is 0. The fraction of sp³-hybridized carbons (Fsp3) is 0.100. The summed E-state index contributed by atoms with van der Waals surface area (Å²) in [6, 6.07) is 5.13. The maximum absolute atomic E-state index is 11.1. The second-order valence-corrected chi connectivity index (χ2v) is 4.41. The SMILES string of the molecule is COC(=O)c1nnc(-c2cc(Cl)cc(Br)c2)o1. The number of rotatable bonds is 2.